The van der Waals surface area contributed by atoms with Crippen LogP contribution in [0.1, 0.15) is 15.9 Å². The summed E-state index contributed by atoms with van der Waals surface area (Å²) >= 11 is 0. The Kier molecular flexibility index (Phi) is 5.58. The number of hydrogen-bond acceptors (Lipinski definition) is 7. The quantitative estimate of drug-likeness (QED) is 0.774. The number of piperazine rings is 2. The van der Waals surface area contributed by atoms with Crippen molar-refractivity contribution in [1.82, 2.24) is 20.0 Å². The van der Waals surface area contributed by atoms with Crippen LogP contribution in [0.4, 0.5) is 11.6 Å². The van der Waals surface area contributed by atoms with Crippen LogP contribution in [0.5, 0.6) is 0 Å². The van der Waals surface area contributed by atoms with E-state index in [1.54, 1.807) is 24.3 Å². The molecule has 2 aromatic rings. The van der Waals surface area contributed by atoms with Gasteiger partial charge in [0.25, 0.3) is 5.91 Å². The lowest BCUT2D eigenvalue weighted by Gasteiger charge is -2.36. The Morgan fingerprint density at radius 2 is 1.48 bits per heavy atom. The Morgan fingerprint density at radius 1 is 0.897 bits per heavy atom. The molecule has 4 rings (SSSR count). The second kappa shape index (κ2) is 8.45. The summed E-state index contributed by atoms with van der Waals surface area (Å²) < 4.78 is 0. The number of likely N-dealkylation sites (N-methyl/N-ethyl adjacent to an activating group) is 1. The predicted octanol–water partition coefficient (Wildman–Crippen LogP) is 1.06. The van der Waals surface area contributed by atoms with Crippen molar-refractivity contribution in [3.8, 4) is 6.07 Å². The molecular formula is C21H25N7O. The number of amides is 1. The highest BCUT2D eigenvalue weighted by Crippen LogP contribution is 2.18. The van der Waals surface area contributed by atoms with E-state index >= 15 is 0 Å². The van der Waals surface area contributed by atoms with Crippen LogP contribution in [0, 0.1) is 11.3 Å². The van der Waals surface area contributed by atoms with Gasteiger partial charge in [-0.1, -0.05) is 6.07 Å². The molecule has 0 unspecified atom stereocenters. The fourth-order valence-corrected chi connectivity index (χ4v) is 3.73. The third-order valence-corrected chi connectivity index (χ3v) is 5.59. The second-order valence-electron chi connectivity index (χ2n) is 7.51. The van der Waals surface area contributed by atoms with Gasteiger partial charge in [-0.25, -0.2) is 0 Å². The number of nitriles is 1. The van der Waals surface area contributed by atoms with Gasteiger partial charge in [0.1, 0.15) is 0 Å². The maximum Gasteiger partial charge on any atom is 0.254 e. The van der Waals surface area contributed by atoms with E-state index < -0.39 is 0 Å². The number of anilines is 2. The molecule has 0 bridgehead atoms. The zero-order valence-electron chi connectivity index (χ0n) is 16.7. The summed E-state index contributed by atoms with van der Waals surface area (Å²) in [4.78, 5) is 21.3. The van der Waals surface area contributed by atoms with Gasteiger partial charge in [-0.15, -0.1) is 10.2 Å². The molecule has 0 atom stereocenters. The number of aromatic nitrogens is 2. The average Bonchev–Trinajstić information content (AvgIpc) is 2.79. The summed E-state index contributed by atoms with van der Waals surface area (Å²) in [5.41, 5.74) is 1.07. The van der Waals surface area contributed by atoms with Gasteiger partial charge >= 0.3 is 0 Å². The standard InChI is InChI=1S/C21H25N7O/c1-25-7-9-26(10-8-25)19-5-6-20(24-23-19)27-11-13-28(14-12-27)21(29)18-4-2-3-17(15-18)16-22/h2-6,15H,7-14H2,1H3. The van der Waals surface area contributed by atoms with E-state index in [1.807, 2.05) is 17.0 Å². The van der Waals surface area contributed by atoms with Crippen LogP contribution >= 0.6 is 0 Å². The Bertz CT molecular complexity index is 892. The third kappa shape index (κ3) is 4.30. The first-order valence-electron chi connectivity index (χ1n) is 9.95. The highest BCUT2D eigenvalue weighted by Gasteiger charge is 2.23. The lowest BCUT2D eigenvalue weighted by Crippen LogP contribution is -2.49. The maximum absolute atomic E-state index is 12.7. The Labute approximate surface area is 170 Å². The van der Waals surface area contributed by atoms with Gasteiger partial charge in [0.15, 0.2) is 11.6 Å². The van der Waals surface area contributed by atoms with Crippen LogP contribution in [0.3, 0.4) is 0 Å². The zero-order chi connectivity index (χ0) is 20.2. The molecule has 2 aliphatic heterocycles. The van der Waals surface area contributed by atoms with Crippen molar-refractivity contribution in [2.45, 2.75) is 0 Å². The van der Waals surface area contributed by atoms with E-state index in [9.17, 15) is 4.79 Å². The maximum atomic E-state index is 12.7. The molecule has 0 spiro atoms. The van der Waals surface area contributed by atoms with Crippen molar-refractivity contribution in [2.24, 2.45) is 0 Å². The van der Waals surface area contributed by atoms with Crippen LogP contribution < -0.4 is 9.80 Å². The fraction of sp³-hybridized carbons (Fsp3) is 0.429. The van der Waals surface area contributed by atoms with Crippen LogP contribution in [-0.2, 0) is 0 Å². The number of carbonyl (C=O) groups is 1. The largest absolute Gasteiger partial charge is 0.353 e. The summed E-state index contributed by atoms with van der Waals surface area (Å²) in [6.45, 7) is 6.69. The molecule has 29 heavy (non-hydrogen) atoms. The van der Waals surface area contributed by atoms with Gasteiger partial charge < -0.3 is 19.6 Å². The molecular weight excluding hydrogens is 366 g/mol. The number of rotatable bonds is 3. The normalized spacial score (nSPS) is 17.9. The fourth-order valence-electron chi connectivity index (χ4n) is 3.73. The second-order valence-corrected chi connectivity index (χ2v) is 7.51. The van der Waals surface area contributed by atoms with E-state index in [-0.39, 0.29) is 5.91 Å². The molecule has 0 saturated carbocycles. The molecule has 1 amide bonds. The first kappa shape index (κ1) is 19.2. The van der Waals surface area contributed by atoms with Gasteiger partial charge in [0.2, 0.25) is 0 Å². The molecule has 0 N–H and O–H groups in total. The monoisotopic (exact) mass is 391 g/mol. The lowest BCUT2D eigenvalue weighted by molar-refractivity contribution is 0.0746. The molecule has 8 heteroatoms. The van der Waals surface area contributed by atoms with E-state index in [1.165, 1.54) is 0 Å². The van der Waals surface area contributed by atoms with Crippen molar-refractivity contribution < 1.29 is 4.79 Å². The average molecular weight is 391 g/mol. The minimum atomic E-state index is -0.0294. The van der Waals surface area contributed by atoms with Gasteiger partial charge in [-0.3, -0.25) is 4.79 Å². The smallest absolute Gasteiger partial charge is 0.254 e. The van der Waals surface area contributed by atoms with Gasteiger partial charge in [0, 0.05) is 57.9 Å². The highest BCUT2D eigenvalue weighted by molar-refractivity contribution is 5.94. The van der Waals surface area contributed by atoms with E-state index in [4.69, 9.17) is 5.26 Å². The summed E-state index contributed by atoms with van der Waals surface area (Å²) in [5, 5.41) is 17.9. The Morgan fingerprint density at radius 3 is 2.03 bits per heavy atom. The first-order valence-corrected chi connectivity index (χ1v) is 9.95. The molecule has 150 valence electrons. The number of benzene rings is 1. The Hall–Kier alpha value is -3.18. The van der Waals surface area contributed by atoms with E-state index in [2.05, 4.69) is 38.0 Å². The molecule has 2 fully saturated rings. The van der Waals surface area contributed by atoms with Gasteiger partial charge in [0.05, 0.1) is 11.6 Å². The van der Waals surface area contributed by atoms with Gasteiger partial charge in [-0.05, 0) is 37.4 Å². The van der Waals surface area contributed by atoms with E-state index in [0.29, 0.717) is 37.3 Å². The predicted molar refractivity (Wildman–Crippen MR) is 111 cm³/mol. The first-order chi connectivity index (χ1) is 14.1. The van der Waals surface area contributed by atoms with Crippen molar-refractivity contribution in [2.75, 3.05) is 69.2 Å². The SMILES string of the molecule is CN1CCN(c2ccc(N3CCN(C(=O)c4cccc(C#N)c4)CC3)nn2)CC1. The Balaban J connectivity index is 1.34. The van der Waals surface area contributed by atoms with Crippen LogP contribution in [0.15, 0.2) is 36.4 Å². The minimum absolute atomic E-state index is 0.0294. The highest BCUT2D eigenvalue weighted by atomic mass is 16.2. The number of carbonyl (C=O) groups excluding carboxylic acids is 1. The summed E-state index contributed by atoms with van der Waals surface area (Å²) in [6, 6.07) is 13.0. The minimum Gasteiger partial charge on any atom is -0.353 e. The van der Waals surface area contributed by atoms with Crippen molar-refractivity contribution in [1.29, 1.82) is 5.26 Å². The molecule has 0 aliphatic carbocycles. The van der Waals surface area contributed by atoms with E-state index in [0.717, 1.165) is 37.8 Å². The third-order valence-electron chi connectivity index (χ3n) is 5.59. The summed E-state index contributed by atoms with van der Waals surface area (Å²) in [5.74, 6) is 1.74. The zero-order valence-corrected chi connectivity index (χ0v) is 16.7. The number of hydrogen-bond donors (Lipinski definition) is 0. The molecule has 3 heterocycles. The van der Waals surface area contributed by atoms with Gasteiger partial charge in [-0.2, -0.15) is 5.26 Å². The van der Waals surface area contributed by atoms with Crippen LogP contribution in [0.2, 0.25) is 0 Å². The van der Waals surface area contributed by atoms with Crippen LogP contribution in [0.25, 0.3) is 0 Å². The molecule has 2 saturated heterocycles. The molecule has 1 aromatic heterocycles. The summed E-state index contributed by atoms with van der Waals surface area (Å²) in [6.07, 6.45) is 0. The van der Waals surface area contributed by atoms with Crippen molar-refractivity contribution >= 4 is 17.5 Å². The molecule has 8 nitrogen and oxygen atoms in total. The molecule has 0 radical (unpaired) electrons. The summed E-state index contributed by atoms with van der Waals surface area (Å²) in [7, 11) is 2.14. The van der Waals surface area contributed by atoms with Crippen LogP contribution in [-0.4, -0.2) is 85.3 Å². The topological polar surface area (TPSA) is 79.6 Å². The van der Waals surface area contributed by atoms with Crippen molar-refractivity contribution in [3.63, 3.8) is 0 Å². The molecule has 1 aromatic carbocycles. The molecule has 2 aliphatic rings. The van der Waals surface area contributed by atoms with Crippen molar-refractivity contribution in [3.05, 3.63) is 47.5 Å². The number of nitrogens with zero attached hydrogens (tertiary/aromatic N) is 7. The lowest BCUT2D eigenvalue weighted by atomic mass is 10.1.